The number of hydrogen-bond donors (Lipinski definition) is 2. The molecule has 37 heavy (non-hydrogen) atoms. The second-order valence-corrected chi connectivity index (χ2v) is 9.46. The molecule has 0 atom stereocenters. The zero-order chi connectivity index (χ0) is 26.5. The molecule has 1 aliphatic rings. The van der Waals surface area contributed by atoms with Crippen LogP contribution in [0.15, 0.2) is 70.8 Å². The number of carbonyl (C=O) groups excluding carboxylic acids is 3. The van der Waals surface area contributed by atoms with Gasteiger partial charge in [-0.05, 0) is 71.2 Å². The lowest BCUT2D eigenvalue weighted by Crippen LogP contribution is -2.38. The number of rotatable bonds is 8. The van der Waals surface area contributed by atoms with E-state index in [2.05, 4.69) is 26.6 Å². The molecule has 0 radical (unpaired) electrons. The smallest absolute Gasteiger partial charge is 0.329 e. The van der Waals surface area contributed by atoms with Crippen LogP contribution in [0.3, 0.4) is 0 Å². The summed E-state index contributed by atoms with van der Waals surface area (Å²) in [5.41, 5.74) is 4.44. The van der Waals surface area contributed by atoms with Crippen LogP contribution in [0.2, 0.25) is 0 Å². The first-order chi connectivity index (χ1) is 17.7. The number of benzene rings is 3. The number of carbonyl (C=O) groups is 3. The van der Waals surface area contributed by atoms with Crippen molar-refractivity contribution in [2.75, 3.05) is 19.0 Å². The SMILES string of the molecule is COc1cc(/C=C2/NC(=O)N(CC(=O)Nc3ccc(C)cc3)C2=O)cc(Br)c1OCc1cccc(C)c1. The van der Waals surface area contributed by atoms with E-state index in [0.29, 0.717) is 33.8 Å². The first-order valence-electron chi connectivity index (χ1n) is 11.5. The van der Waals surface area contributed by atoms with Crippen LogP contribution in [-0.4, -0.2) is 36.4 Å². The van der Waals surface area contributed by atoms with Crippen LogP contribution in [0.4, 0.5) is 10.5 Å². The summed E-state index contributed by atoms with van der Waals surface area (Å²) in [6, 6.07) is 18.0. The van der Waals surface area contributed by atoms with Crippen LogP contribution in [0, 0.1) is 13.8 Å². The Kier molecular flexibility index (Phi) is 7.93. The van der Waals surface area contributed by atoms with Gasteiger partial charge in [0, 0.05) is 5.69 Å². The number of aryl methyl sites for hydroxylation is 2. The minimum atomic E-state index is -0.667. The van der Waals surface area contributed by atoms with Gasteiger partial charge < -0.3 is 20.1 Å². The molecule has 190 valence electrons. The fourth-order valence-electron chi connectivity index (χ4n) is 3.78. The van der Waals surface area contributed by atoms with Gasteiger partial charge in [-0.3, -0.25) is 9.59 Å². The van der Waals surface area contributed by atoms with Crippen molar-refractivity contribution < 1.29 is 23.9 Å². The number of methoxy groups -OCH3 is 1. The van der Waals surface area contributed by atoms with E-state index in [4.69, 9.17) is 9.47 Å². The van der Waals surface area contributed by atoms with E-state index in [1.807, 2.05) is 50.2 Å². The average molecular weight is 564 g/mol. The molecule has 2 N–H and O–H groups in total. The second-order valence-electron chi connectivity index (χ2n) is 8.61. The summed E-state index contributed by atoms with van der Waals surface area (Å²) >= 11 is 3.51. The Morgan fingerprint density at radius 2 is 1.81 bits per heavy atom. The van der Waals surface area contributed by atoms with Crippen molar-refractivity contribution in [3.8, 4) is 11.5 Å². The van der Waals surface area contributed by atoms with Crippen molar-refractivity contribution in [1.29, 1.82) is 0 Å². The molecule has 1 heterocycles. The maximum Gasteiger partial charge on any atom is 0.329 e. The molecule has 4 amide bonds. The third kappa shape index (κ3) is 6.37. The van der Waals surface area contributed by atoms with Crippen molar-refractivity contribution in [2.24, 2.45) is 0 Å². The Bertz CT molecular complexity index is 1390. The fourth-order valence-corrected chi connectivity index (χ4v) is 4.36. The number of urea groups is 1. The summed E-state index contributed by atoms with van der Waals surface area (Å²) in [7, 11) is 1.52. The lowest BCUT2D eigenvalue weighted by Gasteiger charge is -2.14. The molecule has 3 aromatic rings. The molecule has 9 heteroatoms. The number of nitrogens with one attached hydrogen (secondary N) is 2. The number of nitrogens with zero attached hydrogens (tertiary/aromatic N) is 1. The van der Waals surface area contributed by atoms with Crippen LogP contribution in [0.25, 0.3) is 6.08 Å². The summed E-state index contributed by atoms with van der Waals surface area (Å²) in [4.78, 5) is 38.6. The predicted octanol–water partition coefficient (Wildman–Crippen LogP) is 5.18. The summed E-state index contributed by atoms with van der Waals surface area (Å²) in [5.74, 6) is -0.102. The monoisotopic (exact) mass is 563 g/mol. The van der Waals surface area contributed by atoms with Gasteiger partial charge in [0.25, 0.3) is 5.91 Å². The van der Waals surface area contributed by atoms with Gasteiger partial charge >= 0.3 is 6.03 Å². The molecule has 0 spiro atoms. The van der Waals surface area contributed by atoms with E-state index < -0.39 is 24.4 Å². The van der Waals surface area contributed by atoms with Gasteiger partial charge in [0.05, 0.1) is 11.6 Å². The number of hydrogen-bond acceptors (Lipinski definition) is 5. The number of amides is 4. The number of halogens is 1. The highest BCUT2D eigenvalue weighted by atomic mass is 79.9. The molecule has 8 nitrogen and oxygen atoms in total. The first-order valence-corrected chi connectivity index (χ1v) is 12.3. The summed E-state index contributed by atoms with van der Waals surface area (Å²) in [6.45, 7) is 3.90. The van der Waals surface area contributed by atoms with Gasteiger partial charge in [0.15, 0.2) is 11.5 Å². The van der Waals surface area contributed by atoms with Gasteiger partial charge in [-0.2, -0.15) is 0 Å². The maximum atomic E-state index is 12.9. The normalized spacial score (nSPS) is 14.1. The van der Waals surface area contributed by atoms with Gasteiger partial charge in [-0.25, -0.2) is 9.69 Å². The van der Waals surface area contributed by atoms with Crippen molar-refractivity contribution in [3.63, 3.8) is 0 Å². The minimum Gasteiger partial charge on any atom is -0.493 e. The molecule has 1 saturated heterocycles. The predicted molar refractivity (Wildman–Crippen MR) is 144 cm³/mol. The number of imide groups is 1. The molecule has 0 aromatic heterocycles. The summed E-state index contributed by atoms with van der Waals surface area (Å²) in [5, 5.41) is 5.22. The number of anilines is 1. The topological polar surface area (TPSA) is 97.0 Å². The van der Waals surface area contributed by atoms with Crippen LogP contribution in [-0.2, 0) is 16.2 Å². The maximum absolute atomic E-state index is 12.9. The van der Waals surface area contributed by atoms with Crippen molar-refractivity contribution in [2.45, 2.75) is 20.5 Å². The molecular formula is C28H26BrN3O5. The van der Waals surface area contributed by atoms with Crippen molar-refractivity contribution in [3.05, 3.63) is 93.1 Å². The Balaban J connectivity index is 1.46. The molecule has 0 saturated carbocycles. The molecule has 4 rings (SSSR count). The lowest BCUT2D eigenvalue weighted by atomic mass is 10.1. The molecule has 0 aliphatic carbocycles. The van der Waals surface area contributed by atoms with Crippen LogP contribution in [0.5, 0.6) is 11.5 Å². The number of ether oxygens (including phenoxy) is 2. The minimum absolute atomic E-state index is 0.0514. The van der Waals surface area contributed by atoms with Gasteiger partial charge in [0.2, 0.25) is 5.91 Å². The van der Waals surface area contributed by atoms with Gasteiger partial charge in [0.1, 0.15) is 18.8 Å². The fraction of sp³-hybridized carbons (Fsp3) is 0.179. The standard InChI is InChI=1S/C28H26BrN3O5/c1-17-7-9-21(10-8-17)30-25(33)15-32-27(34)23(31-28(32)35)13-20-12-22(29)26(24(14-20)36-3)37-16-19-6-4-5-18(2)11-19/h4-14H,15-16H2,1-3H3,(H,30,33)(H,31,35)/b23-13+. The van der Waals surface area contributed by atoms with Crippen LogP contribution < -0.4 is 20.1 Å². The third-order valence-corrected chi connectivity index (χ3v) is 6.22. The average Bonchev–Trinajstić information content (AvgIpc) is 3.11. The van der Waals surface area contributed by atoms with Crippen molar-refractivity contribution >= 4 is 45.5 Å². The molecule has 1 fully saturated rings. The Hall–Kier alpha value is -4.11. The van der Waals surface area contributed by atoms with Gasteiger partial charge in [-0.15, -0.1) is 0 Å². The Labute approximate surface area is 223 Å². The summed E-state index contributed by atoms with van der Waals surface area (Å²) in [6.07, 6.45) is 1.52. The summed E-state index contributed by atoms with van der Waals surface area (Å²) < 4.78 is 12.1. The second kappa shape index (κ2) is 11.3. The zero-order valence-corrected chi connectivity index (χ0v) is 22.2. The van der Waals surface area contributed by atoms with E-state index in [1.165, 1.54) is 13.2 Å². The highest BCUT2D eigenvalue weighted by Crippen LogP contribution is 2.38. The molecular weight excluding hydrogens is 538 g/mol. The van der Waals surface area contributed by atoms with Crippen LogP contribution >= 0.6 is 15.9 Å². The van der Waals surface area contributed by atoms with E-state index in [0.717, 1.165) is 21.6 Å². The van der Waals surface area contributed by atoms with Gasteiger partial charge in [-0.1, -0.05) is 47.5 Å². The largest absolute Gasteiger partial charge is 0.493 e. The van der Waals surface area contributed by atoms with E-state index in [1.54, 1.807) is 24.3 Å². The van der Waals surface area contributed by atoms with E-state index >= 15 is 0 Å². The molecule has 0 bridgehead atoms. The quantitative estimate of drug-likeness (QED) is 0.290. The zero-order valence-electron chi connectivity index (χ0n) is 20.6. The van der Waals surface area contributed by atoms with E-state index in [-0.39, 0.29) is 5.70 Å². The molecule has 1 aliphatic heterocycles. The highest BCUT2D eigenvalue weighted by molar-refractivity contribution is 9.10. The Morgan fingerprint density at radius 1 is 1.05 bits per heavy atom. The third-order valence-electron chi connectivity index (χ3n) is 5.63. The highest BCUT2D eigenvalue weighted by Gasteiger charge is 2.35. The lowest BCUT2D eigenvalue weighted by molar-refractivity contribution is -0.127. The first kappa shape index (κ1) is 26.0. The molecule has 3 aromatic carbocycles. The molecule has 0 unspecified atom stereocenters. The Morgan fingerprint density at radius 3 is 2.51 bits per heavy atom. The van der Waals surface area contributed by atoms with E-state index in [9.17, 15) is 14.4 Å². The van der Waals surface area contributed by atoms with Crippen LogP contribution in [0.1, 0.15) is 22.3 Å². The van der Waals surface area contributed by atoms with Crippen molar-refractivity contribution in [1.82, 2.24) is 10.2 Å².